The molecule has 1 heterocycles. The molecule has 0 atom stereocenters. The third-order valence-corrected chi connectivity index (χ3v) is 8.02. The van der Waals surface area contributed by atoms with E-state index in [0.717, 1.165) is 73.9 Å². The number of unbranched alkanes of at least 4 members (excludes halogenated alkanes) is 3. The van der Waals surface area contributed by atoms with Crippen LogP contribution in [0.3, 0.4) is 0 Å². The van der Waals surface area contributed by atoms with Crippen LogP contribution in [0.2, 0.25) is 0 Å². The van der Waals surface area contributed by atoms with Gasteiger partial charge >= 0.3 is 0 Å². The summed E-state index contributed by atoms with van der Waals surface area (Å²) >= 11 is 0. The van der Waals surface area contributed by atoms with Gasteiger partial charge in [-0.05, 0) is 109 Å². The number of nitrogens with zero attached hydrogens (tertiary/aromatic N) is 2. The van der Waals surface area contributed by atoms with Crippen LogP contribution in [0.5, 0.6) is 0 Å². The van der Waals surface area contributed by atoms with Crippen molar-refractivity contribution in [2.45, 2.75) is 119 Å². The van der Waals surface area contributed by atoms with E-state index in [1.807, 2.05) is 0 Å². The predicted octanol–water partition coefficient (Wildman–Crippen LogP) is 9.83. The Morgan fingerprint density at radius 3 is 1.47 bits per heavy atom. The molecule has 2 heteroatoms. The van der Waals surface area contributed by atoms with Gasteiger partial charge in [0.25, 0.3) is 0 Å². The second-order valence-corrected chi connectivity index (χ2v) is 10.2. The smallest absolute Gasteiger partial charge is 0.210 e. The van der Waals surface area contributed by atoms with Gasteiger partial charge in [0, 0.05) is 22.8 Å². The maximum Gasteiger partial charge on any atom is 0.210 e. The molecule has 0 amide bonds. The van der Waals surface area contributed by atoms with E-state index in [4.69, 9.17) is 0 Å². The maximum atomic E-state index is 11.7. The van der Waals surface area contributed by atoms with Crippen molar-refractivity contribution in [1.29, 1.82) is 0 Å². The summed E-state index contributed by atoms with van der Waals surface area (Å²) in [5, 5.41) is 0. The first kappa shape index (κ1) is 28.1. The molecule has 2 aromatic rings. The molecule has 0 bridgehead atoms. The largest absolute Gasteiger partial charge is 0.493 e. The molecule has 2 aromatic carbocycles. The lowest BCUT2D eigenvalue weighted by Crippen LogP contribution is -2.07. The van der Waals surface area contributed by atoms with Crippen LogP contribution < -0.4 is 0 Å². The van der Waals surface area contributed by atoms with Crippen molar-refractivity contribution < 1.29 is 4.70 Å². The quantitative estimate of drug-likeness (QED) is 0.200. The zero-order chi connectivity index (χ0) is 26.2. The Morgan fingerprint density at radius 1 is 0.583 bits per heavy atom. The highest BCUT2D eigenvalue weighted by Gasteiger charge is 2.30. The Bertz CT molecular complexity index is 1100. The molecule has 0 radical (unpaired) electrons. The second kappa shape index (κ2) is 13.2. The highest BCUT2D eigenvalue weighted by Crippen LogP contribution is 2.39. The molecule has 36 heavy (non-hydrogen) atoms. The minimum absolute atomic E-state index is 0.929. The third-order valence-electron chi connectivity index (χ3n) is 8.02. The van der Waals surface area contributed by atoms with Crippen molar-refractivity contribution in [2.75, 3.05) is 0 Å². The van der Waals surface area contributed by atoms with E-state index < -0.39 is 0 Å². The Balaban J connectivity index is 2.13. The van der Waals surface area contributed by atoms with E-state index in [9.17, 15) is 5.53 Å². The second-order valence-electron chi connectivity index (χ2n) is 10.2. The molecule has 0 aromatic heterocycles. The van der Waals surface area contributed by atoms with Crippen LogP contribution in [0.15, 0.2) is 35.9 Å². The number of aryl methyl sites for hydroxylation is 4. The van der Waals surface area contributed by atoms with Crippen LogP contribution >= 0.6 is 0 Å². The zero-order valence-electron chi connectivity index (χ0n) is 24.1. The predicted molar refractivity (Wildman–Crippen MR) is 156 cm³/mol. The van der Waals surface area contributed by atoms with Crippen molar-refractivity contribution in [3.8, 4) is 0 Å². The van der Waals surface area contributed by atoms with Crippen molar-refractivity contribution in [3.05, 3.63) is 86.0 Å². The van der Waals surface area contributed by atoms with Crippen LogP contribution in [0.25, 0.3) is 16.9 Å². The highest BCUT2D eigenvalue weighted by atomic mass is 15.2. The zero-order valence-corrected chi connectivity index (χ0v) is 24.1. The molecule has 3 rings (SSSR count). The molecule has 0 saturated heterocycles. The van der Waals surface area contributed by atoms with Crippen LogP contribution in [0.1, 0.15) is 125 Å². The monoisotopic (exact) mass is 484 g/mol. The Labute approximate surface area is 221 Å². The van der Waals surface area contributed by atoms with E-state index in [1.165, 1.54) is 62.9 Å². The fourth-order valence-electron chi connectivity index (χ4n) is 6.05. The SMILES string of the molecule is CCCCCCC1=C(c2cc(CC)c(CC)c(CC)c2)[N+](=[N-])C(c2cc(CC)c(CC)c(CC)c2)=C1. The van der Waals surface area contributed by atoms with Crippen molar-refractivity contribution in [2.24, 2.45) is 0 Å². The van der Waals surface area contributed by atoms with Gasteiger partial charge in [-0.15, -0.1) is 0 Å². The van der Waals surface area contributed by atoms with E-state index in [0.29, 0.717) is 0 Å². The van der Waals surface area contributed by atoms with Gasteiger partial charge in [0.1, 0.15) is 0 Å². The highest BCUT2D eigenvalue weighted by molar-refractivity contribution is 5.79. The minimum Gasteiger partial charge on any atom is -0.493 e. The first-order chi connectivity index (χ1) is 17.5. The number of hydrogen-bond donors (Lipinski definition) is 0. The molecular weight excluding hydrogens is 436 g/mol. The molecule has 1 aliphatic rings. The normalized spacial score (nSPS) is 13.6. The summed E-state index contributed by atoms with van der Waals surface area (Å²) < 4.78 is 1.51. The molecule has 0 fully saturated rings. The Morgan fingerprint density at radius 2 is 1.06 bits per heavy atom. The van der Waals surface area contributed by atoms with Crippen LogP contribution in [0.4, 0.5) is 0 Å². The van der Waals surface area contributed by atoms with Crippen molar-refractivity contribution in [3.63, 3.8) is 0 Å². The lowest BCUT2D eigenvalue weighted by Gasteiger charge is -2.17. The number of rotatable bonds is 13. The van der Waals surface area contributed by atoms with E-state index in [2.05, 4.69) is 78.8 Å². The van der Waals surface area contributed by atoms with Crippen LogP contribution in [-0.2, 0) is 38.5 Å². The van der Waals surface area contributed by atoms with Gasteiger partial charge < -0.3 is 5.53 Å². The summed E-state index contributed by atoms with van der Waals surface area (Å²) in [6, 6.07) is 9.32. The average Bonchev–Trinajstić information content (AvgIpc) is 3.24. The van der Waals surface area contributed by atoms with Crippen LogP contribution in [-0.4, -0.2) is 4.70 Å². The third kappa shape index (κ3) is 5.74. The summed E-state index contributed by atoms with van der Waals surface area (Å²) in [7, 11) is 0. The van der Waals surface area contributed by atoms with Crippen molar-refractivity contribution >= 4 is 11.4 Å². The van der Waals surface area contributed by atoms with Gasteiger partial charge in [-0.2, -0.15) is 0 Å². The van der Waals surface area contributed by atoms with Gasteiger partial charge in [0.05, 0.1) is 0 Å². The fraction of sp³-hybridized carbons (Fsp3) is 0.529. The van der Waals surface area contributed by atoms with Gasteiger partial charge in [-0.1, -0.05) is 67.7 Å². The lowest BCUT2D eigenvalue weighted by molar-refractivity contribution is -0.344. The van der Waals surface area contributed by atoms with E-state index in [1.54, 1.807) is 0 Å². The maximum absolute atomic E-state index is 11.7. The topological polar surface area (TPSA) is 25.3 Å². The summed E-state index contributed by atoms with van der Waals surface area (Å²) in [4.78, 5) is 0. The van der Waals surface area contributed by atoms with Gasteiger partial charge in [0.2, 0.25) is 11.4 Å². The average molecular weight is 485 g/mol. The number of allylic oxidation sites excluding steroid dienone is 2. The molecule has 194 valence electrons. The molecule has 0 N–H and O–H groups in total. The van der Waals surface area contributed by atoms with Gasteiger partial charge in [-0.25, -0.2) is 4.70 Å². The Kier molecular flexibility index (Phi) is 10.3. The number of hydrogen-bond acceptors (Lipinski definition) is 0. The molecule has 0 saturated carbocycles. The molecule has 1 aliphatic heterocycles. The standard InChI is InChI=1S/C34H48N2/c1-8-15-16-17-18-28-23-33(29-19-24(9-2)31(13-6)25(10-3)20-29)36(35)34(28)30-21-26(11-4)32(14-7)27(12-5)22-30/h19-23H,8-18H2,1-7H3. The van der Waals surface area contributed by atoms with Crippen LogP contribution in [0, 0.1) is 0 Å². The summed E-state index contributed by atoms with van der Waals surface area (Å²) in [6.07, 6.45) is 14.4. The lowest BCUT2D eigenvalue weighted by atomic mass is 9.91. The molecule has 2 nitrogen and oxygen atoms in total. The van der Waals surface area contributed by atoms with Gasteiger partial charge in [0.15, 0.2) is 0 Å². The van der Waals surface area contributed by atoms with Gasteiger partial charge in [-0.3, -0.25) is 0 Å². The molecule has 0 aliphatic carbocycles. The summed E-state index contributed by atoms with van der Waals surface area (Å²) in [6.45, 7) is 15.8. The summed E-state index contributed by atoms with van der Waals surface area (Å²) in [5.74, 6) is 0. The number of benzene rings is 2. The first-order valence-electron chi connectivity index (χ1n) is 14.7. The van der Waals surface area contributed by atoms with E-state index in [-0.39, 0.29) is 0 Å². The van der Waals surface area contributed by atoms with E-state index >= 15 is 0 Å². The first-order valence-corrected chi connectivity index (χ1v) is 14.7. The molecule has 0 unspecified atom stereocenters. The molecular formula is C34H48N2. The fourth-order valence-corrected chi connectivity index (χ4v) is 6.05. The van der Waals surface area contributed by atoms with Crippen molar-refractivity contribution in [1.82, 2.24) is 0 Å². The molecule has 0 spiro atoms. The Hall–Kier alpha value is -2.48. The summed E-state index contributed by atoms with van der Waals surface area (Å²) in [5.41, 5.74) is 25.9. The minimum atomic E-state index is 0.929.